The van der Waals surface area contributed by atoms with Crippen molar-refractivity contribution in [3.63, 3.8) is 0 Å². The second kappa shape index (κ2) is 13.7. The maximum atomic E-state index is 10.1. The molecule has 2 rings (SSSR count). The normalized spacial score (nSPS) is 30.8. The smallest absolute Gasteiger partial charge is 0.0692 e. The zero-order chi connectivity index (χ0) is 20.1. The summed E-state index contributed by atoms with van der Waals surface area (Å²) in [6.45, 7) is 4.59. The molecule has 0 aromatic rings. The van der Waals surface area contributed by atoms with E-state index in [0.717, 1.165) is 11.8 Å². The Hall–Kier alpha value is -0.510. The summed E-state index contributed by atoms with van der Waals surface area (Å²) in [5.41, 5.74) is 0.0464. The molecule has 162 valence electrons. The van der Waals surface area contributed by atoms with Gasteiger partial charge in [0.15, 0.2) is 0 Å². The quantitative estimate of drug-likeness (QED) is 0.289. The van der Waals surface area contributed by atoms with Crippen LogP contribution in [-0.2, 0) is 0 Å². The highest BCUT2D eigenvalue weighted by molar-refractivity contribution is 5.06. The van der Waals surface area contributed by atoms with Crippen LogP contribution in [0.3, 0.4) is 0 Å². The number of rotatable bonds is 13. The van der Waals surface area contributed by atoms with Gasteiger partial charge in [0.2, 0.25) is 0 Å². The molecular formula is C27H49N. The van der Waals surface area contributed by atoms with Gasteiger partial charge in [-0.05, 0) is 56.3 Å². The van der Waals surface area contributed by atoms with Crippen molar-refractivity contribution in [3.8, 4) is 6.07 Å². The largest absolute Gasteiger partial charge is 0.198 e. The first kappa shape index (κ1) is 23.8. The molecule has 0 aliphatic heterocycles. The summed E-state index contributed by atoms with van der Waals surface area (Å²) in [6.07, 6.45) is 27.6. The molecule has 28 heavy (non-hydrogen) atoms. The van der Waals surface area contributed by atoms with Crippen molar-refractivity contribution in [2.24, 2.45) is 23.2 Å². The van der Waals surface area contributed by atoms with Crippen molar-refractivity contribution >= 4 is 0 Å². The summed E-state index contributed by atoms with van der Waals surface area (Å²) >= 11 is 0. The molecular weight excluding hydrogens is 338 g/mol. The van der Waals surface area contributed by atoms with E-state index < -0.39 is 0 Å². The Morgan fingerprint density at radius 2 is 1.11 bits per heavy atom. The predicted octanol–water partition coefficient (Wildman–Crippen LogP) is 9.21. The molecule has 1 heteroatoms. The van der Waals surface area contributed by atoms with Crippen molar-refractivity contribution < 1.29 is 0 Å². The van der Waals surface area contributed by atoms with Gasteiger partial charge in [-0.15, -0.1) is 0 Å². The van der Waals surface area contributed by atoms with E-state index in [1.54, 1.807) is 0 Å². The van der Waals surface area contributed by atoms with Gasteiger partial charge in [0.05, 0.1) is 11.5 Å². The summed E-state index contributed by atoms with van der Waals surface area (Å²) in [7, 11) is 0. The molecule has 0 spiro atoms. The third kappa shape index (κ3) is 7.72. The lowest BCUT2D eigenvalue weighted by molar-refractivity contribution is 0.0841. The molecule has 0 saturated heterocycles. The fourth-order valence-corrected chi connectivity index (χ4v) is 6.17. The third-order valence-corrected chi connectivity index (χ3v) is 8.28. The van der Waals surface area contributed by atoms with E-state index in [-0.39, 0.29) is 5.41 Å². The van der Waals surface area contributed by atoms with Crippen LogP contribution in [0.2, 0.25) is 0 Å². The summed E-state index contributed by atoms with van der Waals surface area (Å²) < 4.78 is 0. The van der Waals surface area contributed by atoms with Crippen molar-refractivity contribution in [2.75, 3.05) is 0 Å². The van der Waals surface area contributed by atoms with Crippen LogP contribution in [0.15, 0.2) is 0 Å². The van der Waals surface area contributed by atoms with Gasteiger partial charge in [-0.2, -0.15) is 5.26 Å². The van der Waals surface area contributed by atoms with Gasteiger partial charge in [-0.3, -0.25) is 0 Å². The van der Waals surface area contributed by atoms with Crippen LogP contribution < -0.4 is 0 Å². The van der Waals surface area contributed by atoms with Crippen molar-refractivity contribution in [1.82, 2.24) is 0 Å². The van der Waals surface area contributed by atoms with Crippen molar-refractivity contribution in [2.45, 2.75) is 142 Å². The van der Waals surface area contributed by atoms with Gasteiger partial charge >= 0.3 is 0 Å². The SMILES string of the molecule is CCCCCCCC1CCC([C@]2(C#N)CC[C@@H](CCCCCCC)CC2)CC1. The minimum Gasteiger partial charge on any atom is -0.198 e. The van der Waals surface area contributed by atoms with E-state index in [9.17, 15) is 5.26 Å². The molecule has 0 amide bonds. The van der Waals surface area contributed by atoms with Crippen LogP contribution in [0.1, 0.15) is 142 Å². The molecule has 2 fully saturated rings. The Balaban J connectivity index is 1.65. The van der Waals surface area contributed by atoms with Crippen LogP contribution >= 0.6 is 0 Å². The molecule has 0 radical (unpaired) electrons. The Morgan fingerprint density at radius 1 is 0.643 bits per heavy atom. The lowest BCUT2D eigenvalue weighted by atomic mass is 9.59. The lowest BCUT2D eigenvalue weighted by Gasteiger charge is -2.43. The fraction of sp³-hybridized carbons (Fsp3) is 0.963. The standard InChI is InChI=1S/C27H49N/c1-3-5-7-9-11-13-24-15-17-26(18-16-24)27(23-28)21-19-25(20-22-27)14-12-10-8-6-4-2/h24-26H,3-22H2,1-2H3/t24?,25-,26?,27-. The second-order valence-electron chi connectivity index (χ2n) is 10.3. The van der Waals surface area contributed by atoms with E-state index in [2.05, 4.69) is 19.9 Å². The van der Waals surface area contributed by atoms with Crippen molar-refractivity contribution in [1.29, 1.82) is 5.26 Å². The number of hydrogen-bond donors (Lipinski definition) is 0. The molecule has 2 saturated carbocycles. The van der Waals surface area contributed by atoms with E-state index in [4.69, 9.17) is 0 Å². The topological polar surface area (TPSA) is 23.8 Å². The molecule has 0 aromatic heterocycles. The van der Waals surface area contributed by atoms with Gasteiger partial charge in [-0.1, -0.05) is 104 Å². The molecule has 0 aromatic carbocycles. The average Bonchev–Trinajstić information content (AvgIpc) is 2.74. The van der Waals surface area contributed by atoms with Crippen LogP contribution in [0.25, 0.3) is 0 Å². The Bertz CT molecular complexity index is 418. The molecule has 0 N–H and O–H groups in total. The first-order chi connectivity index (χ1) is 13.7. The predicted molar refractivity (Wildman–Crippen MR) is 122 cm³/mol. The zero-order valence-electron chi connectivity index (χ0n) is 19.3. The van der Waals surface area contributed by atoms with Crippen LogP contribution in [0.4, 0.5) is 0 Å². The van der Waals surface area contributed by atoms with Crippen LogP contribution in [0, 0.1) is 34.5 Å². The summed E-state index contributed by atoms with van der Waals surface area (Å²) in [5.74, 6) is 2.59. The van der Waals surface area contributed by atoms with Gasteiger partial charge in [0.25, 0.3) is 0 Å². The maximum absolute atomic E-state index is 10.1. The summed E-state index contributed by atoms with van der Waals surface area (Å²) in [4.78, 5) is 0. The molecule has 0 unspecified atom stereocenters. The summed E-state index contributed by atoms with van der Waals surface area (Å²) in [6, 6.07) is 2.87. The Morgan fingerprint density at radius 3 is 1.57 bits per heavy atom. The third-order valence-electron chi connectivity index (χ3n) is 8.28. The minimum atomic E-state index is 0.0464. The number of nitriles is 1. The molecule has 1 nitrogen and oxygen atoms in total. The van der Waals surface area contributed by atoms with Gasteiger partial charge < -0.3 is 0 Å². The molecule has 2 aliphatic carbocycles. The Labute approximate surface area is 177 Å². The van der Waals surface area contributed by atoms with E-state index in [1.165, 1.54) is 128 Å². The monoisotopic (exact) mass is 387 g/mol. The van der Waals surface area contributed by atoms with Crippen molar-refractivity contribution in [3.05, 3.63) is 0 Å². The molecule has 0 heterocycles. The molecule has 0 bridgehead atoms. The fourth-order valence-electron chi connectivity index (χ4n) is 6.17. The lowest BCUT2D eigenvalue weighted by Crippen LogP contribution is -2.36. The first-order valence-electron chi connectivity index (χ1n) is 13.1. The number of hydrogen-bond acceptors (Lipinski definition) is 1. The molecule has 0 atom stereocenters. The number of nitrogens with zero attached hydrogens (tertiary/aromatic N) is 1. The highest BCUT2D eigenvalue weighted by Crippen LogP contribution is 2.51. The van der Waals surface area contributed by atoms with E-state index in [0.29, 0.717) is 5.92 Å². The average molecular weight is 388 g/mol. The van der Waals surface area contributed by atoms with Gasteiger partial charge in [-0.25, -0.2) is 0 Å². The van der Waals surface area contributed by atoms with Gasteiger partial charge in [0, 0.05) is 0 Å². The first-order valence-corrected chi connectivity index (χ1v) is 13.1. The van der Waals surface area contributed by atoms with Crippen LogP contribution in [0.5, 0.6) is 0 Å². The second-order valence-corrected chi connectivity index (χ2v) is 10.3. The minimum absolute atomic E-state index is 0.0464. The summed E-state index contributed by atoms with van der Waals surface area (Å²) in [5, 5.41) is 10.1. The highest BCUT2D eigenvalue weighted by atomic mass is 14.5. The zero-order valence-corrected chi connectivity index (χ0v) is 19.3. The van der Waals surface area contributed by atoms with Gasteiger partial charge in [0.1, 0.15) is 0 Å². The highest BCUT2D eigenvalue weighted by Gasteiger charge is 2.43. The Kier molecular flexibility index (Phi) is 11.6. The van der Waals surface area contributed by atoms with Crippen LogP contribution in [-0.4, -0.2) is 0 Å². The number of unbranched alkanes of at least 4 members (excludes halogenated alkanes) is 8. The van der Waals surface area contributed by atoms with E-state index >= 15 is 0 Å². The maximum Gasteiger partial charge on any atom is 0.0692 e. The molecule has 2 aliphatic rings. The van der Waals surface area contributed by atoms with E-state index in [1.807, 2.05) is 0 Å².